The van der Waals surface area contributed by atoms with E-state index in [2.05, 4.69) is 23.5 Å². The largest absolute Gasteiger partial charge is 0.497 e. The van der Waals surface area contributed by atoms with Crippen LogP contribution in [0.4, 0.5) is 0 Å². The molecular weight excluding hydrogens is 250 g/mol. The van der Waals surface area contributed by atoms with Gasteiger partial charge in [-0.2, -0.15) is 0 Å². The van der Waals surface area contributed by atoms with Crippen LogP contribution in [0, 0.1) is 0 Å². The van der Waals surface area contributed by atoms with Gasteiger partial charge in [-0.05, 0) is 48.9 Å². The van der Waals surface area contributed by atoms with Gasteiger partial charge in [0.15, 0.2) is 0 Å². The predicted molar refractivity (Wildman–Crippen MR) is 78.1 cm³/mol. The molecule has 108 valence electrons. The summed E-state index contributed by atoms with van der Waals surface area (Å²) in [5.41, 5.74) is 3.04. The molecule has 1 heterocycles. The van der Waals surface area contributed by atoms with E-state index in [0.717, 1.165) is 18.8 Å². The van der Waals surface area contributed by atoms with Gasteiger partial charge in [0.25, 0.3) is 0 Å². The molecule has 1 saturated carbocycles. The van der Waals surface area contributed by atoms with Crippen LogP contribution in [-0.2, 0) is 11.2 Å². The molecule has 3 heteroatoms. The molecular formula is C17H23NO2. The summed E-state index contributed by atoms with van der Waals surface area (Å²) >= 11 is 0. The van der Waals surface area contributed by atoms with E-state index in [4.69, 9.17) is 9.47 Å². The Labute approximate surface area is 120 Å². The Balaban J connectivity index is 1.60. The third-order valence-electron chi connectivity index (χ3n) is 5.34. The minimum absolute atomic E-state index is 0.232. The number of methoxy groups -OCH3 is 1. The van der Waals surface area contributed by atoms with Crippen molar-refractivity contribution in [3.63, 3.8) is 0 Å². The van der Waals surface area contributed by atoms with Crippen molar-refractivity contribution < 1.29 is 9.47 Å². The molecule has 20 heavy (non-hydrogen) atoms. The number of benzene rings is 1. The second-order valence-corrected chi connectivity index (χ2v) is 6.57. The standard InChI is InChI=1S/C17H23NO2/c1-19-13-5-6-14-12(10-13)4-7-15-16(14)20-11-17(18-15)8-2-3-9-17/h5-6,10,15-16,18H,2-4,7-9,11H2,1H3. The molecule has 2 unspecified atom stereocenters. The van der Waals surface area contributed by atoms with E-state index in [1.54, 1.807) is 7.11 Å². The lowest BCUT2D eigenvalue weighted by atomic mass is 9.82. The zero-order chi connectivity index (χ0) is 13.6. The summed E-state index contributed by atoms with van der Waals surface area (Å²) in [6.07, 6.45) is 7.79. The van der Waals surface area contributed by atoms with Crippen molar-refractivity contribution in [3.05, 3.63) is 29.3 Å². The number of hydrogen-bond donors (Lipinski definition) is 1. The summed E-state index contributed by atoms with van der Waals surface area (Å²) in [6, 6.07) is 6.92. The van der Waals surface area contributed by atoms with Crippen LogP contribution < -0.4 is 10.1 Å². The van der Waals surface area contributed by atoms with Crippen molar-refractivity contribution in [2.45, 2.75) is 56.2 Å². The summed E-state index contributed by atoms with van der Waals surface area (Å²) in [6.45, 7) is 0.875. The van der Waals surface area contributed by atoms with E-state index in [-0.39, 0.29) is 11.6 Å². The number of hydrogen-bond acceptors (Lipinski definition) is 3. The molecule has 1 aromatic carbocycles. The lowest BCUT2D eigenvalue weighted by molar-refractivity contribution is -0.0690. The molecule has 2 aliphatic carbocycles. The Hall–Kier alpha value is -1.06. The molecule has 2 atom stereocenters. The molecule has 1 spiro atoms. The quantitative estimate of drug-likeness (QED) is 0.853. The van der Waals surface area contributed by atoms with Crippen LogP contribution in [0.2, 0.25) is 0 Å². The van der Waals surface area contributed by atoms with E-state index < -0.39 is 0 Å². The molecule has 1 aliphatic heterocycles. The highest BCUT2D eigenvalue weighted by atomic mass is 16.5. The second-order valence-electron chi connectivity index (χ2n) is 6.57. The van der Waals surface area contributed by atoms with Gasteiger partial charge in [0, 0.05) is 11.6 Å². The lowest BCUT2D eigenvalue weighted by Crippen LogP contribution is -2.59. The Kier molecular flexibility index (Phi) is 3.00. The molecule has 3 aliphatic rings. The predicted octanol–water partition coefficient (Wildman–Crippen LogP) is 2.98. The van der Waals surface area contributed by atoms with E-state index in [0.29, 0.717) is 6.04 Å². The van der Waals surface area contributed by atoms with Gasteiger partial charge >= 0.3 is 0 Å². The first-order valence-corrected chi connectivity index (χ1v) is 7.86. The normalized spacial score (nSPS) is 30.9. The fourth-order valence-electron chi connectivity index (χ4n) is 4.26. The maximum Gasteiger partial charge on any atom is 0.119 e. The Morgan fingerprint density at radius 1 is 1.30 bits per heavy atom. The summed E-state index contributed by atoms with van der Waals surface area (Å²) in [5, 5.41) is 3.94. The average molecular weight is 273 g/mol. The Bertz CT molecular complexity index is 508. The highest BCUT2D eigenvalue weighted by Gasteiger charge is 2.44. The van der Waals surface area contributed by atoms with Gasteiger partial charge < -0.3 is 14.8 Å². The third-order valence-corrected chi connectivity index (χ3v) is 5.34. The SMILES string of the molecule is COc1ccc2c(c1)CCC1NC3(CCCC3)COC21. The van der Waals surface area contributed by atoms with Gasteiger partial charge in [-0.15, -0.1) is 0 Å². The lowest BCUT2D eigenvalue weighted by Gasteiger charge is -2.46. The van der Waals surface area contributed by atoms with Gasteiger partial charge in [0.1, 0.15) is 5.75 Å². The van der Waals surface area contributed by atoms with Crippen molar-refractivity contribution in [1.82, 2.24) is 5.32 Å². The van der Waals surface area contributed by atoms with E-state index >= 15 is 0 Å². The van der Waals surface area contributed by atoms with E-state index in [1.807, 2.05) is 0 Å². The zero-order valence-electron chi connectivity index (χ0n) is 12.2. The molecule has 1 aromatic rings. The van der Waals surface area contributed by atoms with Crippen LogP contribution in [0.25, 0.3) is 0 Å². The Morgan fingerprint density at radius 3 is 2.95 bits per heavy atom. The third kappa shape index (κ3) is 1.95. The first kappa shape index (κ1) is 12.7. The molecule has 1 saturated heterocycles. The topological polar surface area (TPSA) is 30.5 Å². The first-order chi connectivity index (χ1) is 9.80. The average Bonchev–Trinajstić information content (AvgIpc) is 2.94. The molecule has 3 nitrogen and oxygen atoms in total. The van der Waals surface area contributed by atoms with Crippen molar-refractivity contribution in [2.75, 3.05) is 13.7 Å². The summed E-state index contributed by atoms with van der Waals surface area (Å²) in [5.74, 6) is 0.957. The fourth-order valence-corrected chi connectivity index (χ4v) is 4.26. The molecule has 2 fully saturated rings. The van der Waals surface area contributed by atoms with Crippen LogP contribution in [0.1, 0.15) is 49.3 Å². The molecule has 1 N–H and O–H groups in total. The highest BCUT2D eigenvalue weighted by Crippen LogP contribution is 2.42. The summed E-state index contributed by atoms with van der Waals surface area (Å²) in [7, 11) is 1.73. The maximum absolute atomic E-state index is 6.32. The highest BCUT2D eigenvalue weighted by molar-refractivity contribution is 5.40. The smallest absolute Gasteiger partial charge is 0.119 e. The minimum Gasteiger partial charge on any atom is -0.497 e. The van der Waals surface area contributed by atoms with Crippen molar-refractivity contribution in [2.24, 2.45) is 0 Å². The van der Waals surface area contributed by atoms with Gasteiger partial charge in [-0.1, -0.05) is 18.9 Å². The number of morpholine rings is 1. The number of ether oxygens (including phenoxy) is 2. The summed E-state index contributed by atoms with van der Waals surface area (Å²) < 4.78 is 11.7. The van der Waals surface area contributed by atoms with Crippen LogP contribution >= 0.6 is 0 Å². The van der Waals surface area contributed by atoms with Gasteiger partial charge in [0.2, 0.25) is 0 Å². The monoisotopic (exact) mass is 273 g/mol. The molecule has 0 amide bonds. The second kappa shape index (κ2) is 4.74. The van der Waals surface area contributed by atoms with E-state index in [9.17, 15) is 0 Å². The minimum atomic E-state index is 0.232. The first-order valence-electron chi connectivity index (χ1n) is 7.86. The number of nitrogens with one attached hydrogen (secondary N) is 1. The Morgan fingerprint density at radius 2 is 2.15 bits per heavy atom. The van der Waals surface area contributed by atoms with Gasteiger partial charge in [-0.25, -0.2) is 0 Å². The zero-order valence-corrected chi connectivity index (χ0v) is 12.2. The van der Waals surface area contributed by atoms with Crippen molar-refractivity contribution >= 4 is 0 Å². The molecule has 0 radical (unpaired) electrons. The number of fused-ring (bicyclic) bond motifs is 3. The van der Waals surface area contributed by atoms with Crippen LogP contribution in [0.15, 0.2) is 18.2 Å². The van der Waals surface area contributed by atoms with Gasteiger partial charge in [0.05, 0.1) is 19.8 Å². The molecule has 4 rings (SSSR count). The summed E-state index contributed by atoms with van der Waals surface area (Å²) in [4.78, 5) is 0. The van der Waals surface area contributed by atoms with E-state index in [1.165, 1.54) is 43.2 Å². The van der Waals surface area contributed by atoms with Crippen LogP contribution in [0.3, 0.4) is 0 Å². The number of aryl methyl sites for hydroxylation is 1. The van der Waals surface area contributed by atoms with Gasteiger partial charge in [-0.3, -0.25) is 0 Å². The van der Waals surface area contributed by atoms with Crippen molar-refractivity contribution in [1.29, 1.82) is 0 Å². The van der Waals surface area contributed by atoms with Crippen LogP contribution in [0.5, 0.6) is 5.75 Å². The molecule has 0 aromatic heterocycles. The van der Waals surface area contributed by atoms with Crippen molar-refractivity contribution in [3.8, 4) is 5.75 Å². The van der Waals surface area contributed by atoms with Crippen LogP contribution in [-0.4, -0.2) is 25.3 Å². The molecule has 0 bridgehead atoms. The number of rotatable bonds is 1. The maximum atomic E-state index is 6.32. The fraction of sp³-hybridized carbons (Fsp3) is 0.647.